The molecule has 0 saturated heterocycles. The first kappa shape index (κ1) is 15.9. The lowest BCUT2D eigenvalue weighted by atomic mass is 10.1. The second-order valence-electron chi connectivity index (χ2n) is 4.70. The Morgan fingerprint density at radius 1 is 1.32 bits per heavy atom. The lowest BCUT2D eigenvalue weighted by Crippen LogP contribution is -2.16. The van der Waals surface area contributed by atoms with Crippen LogP contribution in [-0.2, 0) is 12.6 Å². The van der Waals surface area contributed by atoms with E-state index in [1.54, 1.807) is 6.20 Å². The first-order chi connectivity index (χ1) is 10.3. The number of amides is 1. The number of nitrogens with one attached hydrogen (secondary N) is 1. The van der Waals surface area contributed by atoms with Gasteiger partial charge in [0.05, 0.1) is 16.9 Å². The molecule has 0 aliphatic carbocycles. The Balaban J connectivity index is 2.32. The van der Waals surface area contributed by atoms with Crippen molar-refractivity contribution in [1.82, 2.24) is 9.97 Å². The van der Waals surface area contributed by atoms with Gasteiger partial charge in [0.2, 0.25) is 0 Å². The van der Waals surface area contributed by atoms with Gasteiger partial charge in [-0.1, -0.05) is 6.92 Å². The normalized spacial score (nSPS) is 11.3. The standard InChI is InChI=1S/C15H14F3N3O/c1-3-10-7-19-5-4-12(10)14(22)21-13-6-11(15(16,17)18)8-20-9(13)2/h4-8H,3H2,1-2H3,(H,21,22). The summed E-state index contributed by atoms with van der Waals surface area (Å²) in [4.78, 5) is 19.9. The van der Waals surface area contributed by atoms with Crippen molar-refractivity contribution >= 4 is 11.6 Å². The third kappa shape index (κ3) is 3.41. The number of alkyl halides is 3. The van der Waals surface area contributed by atoms with Gasteiger partial charge in [-0.2, -0.15) is 13.2 Å². The third-order valence-corrected chi connectivity index (χ3v) is 3.19. The molecular formula is C15H14F3N3O. The van der Waals surface area contributed by atoms with E-state index in [1.165, 1.54) is 19.2 Å². The fourth-order valence-corrected chi connectivity index (χ4v) is 1.93. The molecule has 0 spiro atoms. The number of pyridine rings is 2. The van der Waals surface area contributed by atoms with Crippen LogP contribution in [0.5, 0.6) is 0 Å². The summed E-state index contributed by atoms with van der Waals surface area (Å²) in [6, 6.07) is 2.41. The number of aryl methyl sites for hydroxylation is 2. The van der Waals surface area contributed by atoms with Crippen LogP contribution in [0.3, 0.4) is 0 Å². The van der Waals surface area contributed by atoms with Crippen molar-refractivity contribution in [2.24, 2.45) is 0 Å². The largest absolute Gasteiger partial charge is 0.417 e. The highest BCUT2D eigenvalue weighted by molar-refractivity contribution is 6.05. The van der Waals surface area contributed by atoms with Crippen molar-refractivity contribution in [3.05, 3.63) is 53.1 Å². The summed E-state index contributed by atoms with van der Waals surface area (Å²) < 4.78 is 38.2. The van der Waals surface area contributed by atoms with E-state index in [1.807, 2.05) is 6.92 Å². The fourth-order valence-electron chi connectivity index (χ4n) is 1.93. The van der Waals surface area contributed by atoms with Crippen LogP contribution in [-0.4, -0.2) is 15.9 Å². The number of anilines is 1. The van der Waals surface area contributed by atoms with Gasteiger partial charge in [-0.05, 0) is 31.0 Å². The molecule has 0 aliphatic heterocycles. The Morgan fingerprint density at radius 3 is 2.68 bits per heavy atom. The van der Waals surface area contributed by atoms with Gasteiger partial charge in [-0.25, -0.2) is 0 Å². The fraction of sp³-hybridized carbons (Fsp3) is 0.267. The molecular weight excluding hydrogens is 295 g/mol. The van der Waals surface area contributed by atoms with E-state index in [0.717, 1.165) is 17.8 Å². The molecule has 4 nitrogen and oxygen atoms in total. The van der Waals surface area contributed by atoms with Gasteiger partial charge in [0.15, 0.2) is 0 Å². The summed E-state index contributed by atoms with van der Waals surface area (Å²) in [5, 5.41) is 2.48. The summed E-state index contributed by atoms with van der Waals surface area (Å²) in [5.41, 5.74) is 0.554. The first-order valence-corrected chi connectivity index (χ1v) is 6.61. The summed E-state index contributed by atoms with van der Waals surface area (Å²) in [7, 11) is 0. The Labute approximate surface area is 125 Å². The minimum Gasteiger partial charge on any atom is -0.320 e. The molecule has 0 atom stereocenters. The molecule has 22 heavy (non-hydrogen) atoms. The Morgan fingerprint density at radius 2 is 2.05 bits per heavy atom. The molecule has 2 aromatic heterocycles. The molecule has 0 bridgehead atoms. The average Bonchev–Trinajstić information content (AvgIpc) is 2.48. The number of aromatic nitrogens is 2. The molecule has 0 aromatic carbocycles. The van der Waals surface area contributed by atoms with E-state index in [-0.39, 0.29) is 5.69 Å². The maximum absolute atomic E-state index is 12.7. The van der Waals surface area contributed by atoms with Crippen LogP contribution < -0.4 is 5.32 Å². The van der Waals surface area contributed by atoms with Gasteiger partial charge >= 0.3 is 6.18 Å². The summed E-state index contributed by atoms with van der Waals surface area (Å²) in [6.45, 7) is 3.40. The van der Waals surface area contributed by atoms with Crippen LogP contribution in [0.4, 0.5) is 18.9 Å². The van der Waals surface area contributed by atoms with Crippen LogP contribution in [0.1, 0.15) is 34.1 Å². The van der Waals surface area contributed by atoms with Gasteiger partial charge in [-0.15, -0.1) is 0 Å². The highest BCUT2D eigenvalue weighted by Crippen LogP contribution is 2.31. The van der Waals surface area contributed by atoms with E-state index in [4.69, 9.17) is 0 Å². The molecule has 0 unspecified atom stereocenters. The van der Waals surface area contributed by atoms with Crippen molar-refractivity contribution in [1.29, 1.82) is 0 Å². The molecule has 0 radical (unpaired) electrons. The Kier molecular flexibility index (Phi) is 4.44. The van der Waals surface area contributed by atoms with Crippen LogP contribution in [0.2, 0.25) is 0 Å². The van der Waals surface area contributed by atoms with E-state index in [9.17, 15) is 18.0 Å². The van der Waals surface area contributed by atoms with Crippen molar-refractivity contribution in [3.8, 4) is 0 Å². The van der Waals surface area contributed by atoms with Gasteiger partial charge in [0, 0.05) is 24.2 Å². The predicted molar refractivity (Wildman–Crippen MR) is 75.5 cm³/mol. The first-order valence-electron chi connectivity index (χ1n) is 6.61. The minimum absolute atomic E-state index is 0.0405. The van der Waals surface area contributed by atoms with Crippen molar-refractivity contribution in [2.45, 2.75) is 26.4 Å². The Bertz CT molecular complexity index is 699. The topological polar surface area (TPSA) is 54.9 Å². The second-order valence-corrected chi connectivity index (χ2v) is 4.70. The monoisotopic (exact) mass is 309 g/mol. The average molecular weight is 309 g/mol. The molecule has 1 amide bonds. The maximum Gasteiger partial charge on any atom is 0.417 e. The van der Waals surface area contributed by atoms with Crippen molar-refractivity contribution in [3.63, 3.8) is 0 Å². The molecule has 1 N–H and O–H groups in total. The second kappa shape index (κ2) is 6.13. The molecule has 2 rings (SSSR count). The lowest BCUT2D eigenvalue weighted by Gasteiger charge is -2.13. The number of nitrogens with zero attached hydrogens (tertiary/aromatic N) is 2. The summed E-state index contributed by atoms with van der Waals surface area (Å²) in [6.07, 6.45) is -0.145. The van der Waals surface area contributed by atoms with Crippen molar-refractivity contribution in [2.75, 3.05) is 5.32 Å². The van der Waals surface area contributed by atoms with Gasteiger partial charge in [0.25, 0.3) is 5.91 Å². The molecule has 116 valence electrons. The quantitative estimate of drug-likeness (QED) is 0.942. The highest BCUT2D eigenvalue weighted by atomic mass is 19.4. The van der Waals surface area contributed by atoms with Crippen LogP contribution >= 0.6 is 0 Å². The number of hydrogen-bond acceptors (Lipinski definition) is 3. The highest BCUT2D eigenvalue weighted by Gasteiger charge is 2.31. The van der Waals surface area contributed by atoms with Crippen LogP contribution in [0.15, 0.2) is 30.7 Å². The molecule has 0 saturated carbocycles. The lowest BCUT2D eigenvalue weighted by molar-refractivity contribution is -0.137. The van der Waals surface area contributed by atoms with Crippen LogP contribution in [0, 0.1) is 6.92 Å². The zero-order chi connectivity index (χ0) is 16.3. The van der Waals surface area contributed by atoms with Gasteiger partial charge in [0.1, 0.15) is 0 Å². The smallest absolute Gasteiger partial charge is 0.320 e. The van der Waals surface area contributed by atoms with E-state index >= 15 is 0 Å². The van der Waals surface area contributed by atoms with E-state index in [2.05, 4.69) is 15.3 Å². The number of carbonyl (C=O) groups is 1. The zero-order valence-electron chi connectivity index (χ0n) is 12.0. The third-order valence-electron chi connectivity index (χ3n) is 3.19. The molecule has 0 fully saturated rings. The number of rotatable bonds is 3. The minimum atomic E-state index is -4.51. The predicted octanol–water partition coefficient (Wildman–Crippen LogP) is 3.62. The SMILES string of the molecule is CCc1cnccc1C(=O)Nc1cc(C(F)(F)F)cnc1C. The summed E-state index contributed by atoms with van der Waals surface area (Å²) in [5.74, 6) is -0.483. The number of halogens is 3. The summed E-state index contributed by atoms with van der Waals surface area (Å²) >= 11 is 0. The van der Waals surface area contributed by atoms with E-state index < -0.39 is 17.6 Å². The zero-order valence-corrected chi connectivity index (χ0v) is 12.0. The van der Waals surface area contributed by atoms with Gasteiger partial charge < -0.3 is 5.32 Å². The Hall–Kier alpha value is -2.44. The molecule has 2 aromatic rings. The van der Waals surface area contributed by atoms with Crippen molar-refractivity contribution < 1.29 is 18.0 Å². The van der Waals surface area contributed by atoms with Crippen LogP contribution in [0.25, 0.3) is 0 Å². The van der Waals surface area contributed by atoms with Gasteiger partial charge in [-0.3, -0.25) is 14.8 Å². The molecule has 2 heterocycles. The molecule has 7 heteroatoms. The number of hydrogen-bond donors (Lipinski definition) is 1. The number of carbonyl (C=O) groups excluding carboxylic acids is 1. The van der Waals surface area contributed by atoms with E-state index in [0.29, 0.717) is 17.7 Å². The molecule has 0 aliphatic rings. The maximum atomic E-state index is 12.7.